The van der Waals surface area contributed by atoms with Gasteiger partial charge in [0.05, 0.1) is 0 Å². The van der Waals surface area contributed by atoms with Gasteiger partial charge in [-0.3, -0.25) is 0 Å². The van der Waals surface area contributed by atoms with Gasteiger partial charge in [0.2, 0.25) is 0 Å². The summed E-state index contributed by atoms with van der Waals surface area (Å²) in [6.07, 6.45) is 1.52. The second-order valence-electron chi connectivity index (χ2n) is 7.01. The maximum absolute atomic E-state index is 9.82. The zero-order chi connectivity index (χ0) is 21.1. The van der Waals surface area contributed by atoms with E-state index in [-0.39, 0.29) is 17.2 Å². The summed E-state index contributed by atoms with van der Waals surface area (Å²) in [6.45, 7) is 0. The van der Waals surface area contributed by atoms with E-state index in [0.717, 1.165) is 28.5 Å². The minimum absolute atomic E-state index is 0.196. The van der Waals surface area contributed by atoms with Crippen LogP contribution in [-0.4, -0.2) is 27.5 Å². The van der Waals surface area contributed by atoms with E-state index in [0.29, 0.717) is 6.04 Å². The van der Waals surface area contributed by atoms with Gasteiger partial charge in [0, 0.05) is 0 Å². The van der Waals surface area contributed by atoms with Crippen LogP contribution in [0.4, 0.5) is 0 Å². The number of hydrogen-bond donors (Lipinski definition) is 3. The van der Waals surface area contributed by atoms with Crippen LogP contribution in [0.5, 0.6) is 17.2 Å². The molecule has 0 bridgehead atoms. The van der Waals surface area contributed by atoms with Crippen molar-refractivity contribution in [3.63, 3.8) is 0 Å². The van der Waals surface area contributed by atoms with Crippen LogP contribution in [0.2, 0.25) is 6.04 Å². The summed E-state index contributed by atoms with van der Waals surface area (Å²) in [5.74, 6) is 0.588. The van der Waals surface area contributed by atoms with Gasteiger partial charge in [0.1, 0.15) is 0 Å². The summed E-state index contributed by atoms with van der Waals surface area (Å²) >= 11 is 18.4. The summed E-state index contributed by atoms with van der Waals surface area (Å²) in [5, 5.41) is 32.7. The van der Waals surface area contributed by atoms with Crippen LogP contribution in [0, 0.1) is 0 Å². The standard InChI is InChI=1S/C21H22Cl3O3PSi/c22-29(23,24)15-1-14-28(19-8-2-16(25)3-9-19,20-10-4-17(26)5-11-20)21-12-6-18(27)7-13-21/h2-13,25-28H,1,14-15H2. The Bertz CT molecular complexity index is 832. The third-order valence-electron chi connectivity index (χ3n) is 5.09. The summed E-state index contributed by atoms with van der Waals surface area (Å²) in [5.41, 5.74) is 0. The van der Waals surface area contributed by atoms with Crippen molar-refractivity contribution in [1.29, 1.82) is 0 Å². The normalized spacial score (nSPS) is 12.7. The van der Waals surface area contributed by atoms with Crippen molar-refractivity contribution >= 4 is 62.4 Å². The quantitative estimate of drug-likeness (QED) is 0.253. The predicted octanol–water partition coefficient (Wildman–Crippen LogP) is 4.88. The molecule has 0 amide bonds. The molecule has 3 aromatic rings. The Morgan fingerprint density at radius 1 is 0.586 bits per heavy atom. The van der Waals surface area contributed by atoms with Crippen LogP contribution in [0.3, 0.4) is 0 Å². The molecule has 0 heterocycles. The van der Waals surface area contributed by atoms with Gasteiger partial charge in [-0.1, -0.05) is 0 Å². The summed E-state index contributed by atoms with van der Waals surface area (Å²) in [4.78, 5) is 0. The van der Waals surface area contributed by atoms with E-state index < -0.39 is 13.3 Å². The molecule has 3 rings (SSSR count). The van der Waals surface area contributed by atoms with Gasteiger partial charge in [0.15, 0.2) is 0 Å². The van der Waals surface area contributed by atoms with E-state index in [1.165, 1.54) is 0 Å². The molecule has 3 nitrogen and oxygen atoms in total. The van der Waals surface area contributed by atoms with Crippen molar-refractivity contribution < 1.29 is 15.3 Å². The van der Waals surface area contributed by atoms with Gasteiger partial charge in [-0.2, -0.15) is 0 Å². The van der Waals surface area contributed by atoms with Crippen molar-refractivity contribution in [1.82, 2.24) is 0 Å². The molecular weight excluding hydrogens is 466 g/mol. The van der Waals surface area contributed by atoms with Crippen molar-refractivity contribution in [2.24, 2.45) is 0 Å². The molecule has 0 saturated heterocycles. The molecule has 3 N–H and O–H groups in total. The van der Waals surface area contributed by atoms with Crippen LogP contribution < -0.4 is 15.9 Å². The zero-order valence-corrected chi connectivity index (χ0v) is 19.8. The van der Waals surface area contributed by atoms with Gasteiger partial charge >= 0.3 is 186 Å². The van der Waals surface area contributed by atoms with E-state index in [4.69, 9.17) is 33.2 Å². The van der Waals surface area contributed by atoms with Gasteiger partial charge in [-0.15, -0.1) is 0 Å². The van der Waals surface area contributed by atoms with Crippen molar-refractivity contribution in [3.05, 3.63) is 72.8 Å². The predicted molar refractivity (Wildman–Crippen MR) is 129 cm³/mol. The second-order valence-corrected chi connectivity index (χ2v) is 20.3. The Morgan fingerprint density at radius 2 is 0.897 bits per heavy atom. The molecule has 0 spiro atoms. The van der Waals surface area contributed by atoms with Crippen molar-refractivity contribution in [2.45, 2.75) is 12.5 Å². The van der Waals surface area contributed by atoms with Gasteiger partial charge in [-0.25, -0.2) is 0 Å². The number of aromatic hydroxyl groups is 3. The molecule has 0 aliphatic rings. The monoisotopic (exact) mass is 486 g/mol. The maximum atomic E-state index is 9.82. The molecule has 0 saturated carbocycles. The first-order valence-corrected chi connectivity index (χ1v) is 16.6. The fraction of sp³-hybridized carbons (Fsp3) is 0.143. The van der Waals surface area contributed by atoms with Crippen LogP contribution in [0.15, 0.2) is 72.8 Å². The molecule has 0 aliphatic heterocycles. The van der Waals surface area contributed by atoms with Gasteiger partial charge < -0.3 is 0 Å². The van der Waals surface area contributed by atoms with E-state index >= 15 is 0 Å². The molecule has 0 aromatic heterocycles. The van der Waals surface area contributed by atoms with Crippen molar-refractivity contribution in [3.8, 4) is 17.2 Å². The molecular formula is C21H22Cl3O3PSi. The summed E-state index contributed by atoms with van der Waals surface area (Å²) in [6, 6.07) is 19.5. The molecule has 0 aliphatic carbocycles. The Labute approximate surface area is 186 Å². The number of phenols is 3. The number of rotatable bonds is 7. The van der Waals surface area contributed by atoms with Gasteiger partial charge in [0.25, 0.3) is 0 Å². The molecule has 154 valence electrons. The first-order chi connectivity index (χ1) is 13.7. The molecule has 29 heavy (non-hydrogen) atoms. The van der Waals surface area contributed by atoms with E-state index in [1.54, 1.807) is 36.4 Å². The molecule has 0 unspecified atom stereocenters. The van der Waals surface area contributed by atoms with Crippen molar-refractivity contribution in [2.75, 3.05) is 6.16 Å². The molecule has 8 heteroatoms. The Hall–Kier alpha value is -1.42. The fourth-order valence-electron chi connectivity index (χ4n) is 3.72. The van der Waals surface area contributed by atoms with Crippen LogP contribution in [-0.2, 0) is 0 Å². The molecule has 0 atom stereocenters. The Kier molecular flexibility index (Phi) is 7.03. The molecule has 3 aromatic carbocycles. The summed E-state index contributed by atoms with van der Waals surface area (Å²) in [7, 11) is -2.58. The third kappa shape index (κ3) is 5.39. The minimum atomic E-state index is -2.77. The topological polar surface area (TPSA) is 60.7 Å². The molecule has 0 fully saturated rings. The first kappa shape index (κ1) is 22.3. The SMILES string of the molecule is Oc1ccc([PH](CCC[Si](Cl)(Cl)Cl)(c2ccc(O)cc2)c2ccc(O)cc2)cc1. The summed E-state index contributed by atoms with van der Waals surface area (Å²) < 4.78 is 0. The first-order valence-electron chi connectivity index (χ1n) is 9.16. The average molecular weight is 488 g/mol. The third-order valence-corrected chi connectivity index (χ3v) is 12.8. The zero-order valence-electron chi connectivity index (χ0n) is 15.5. The second kappa shape index (κ2) is 9.16. The Morgan fingerprint density at radius 3 is 1.17 bits per heavy atom. The number of phenolic OH excluding ortho intramolecular Hbond substituents is 3. The van der Waals surface area contributed by atoms with Crippen LogP contribution >= 0.6 is 40.5 Å². The molecule has 0 radical (unpaired) electrons. The average Bonchev–Trinajstić information content (AvgIpc) is 2.67. The number of halogens is 3. The Balaban J connectivity index is 2.20. The number of benzene rings is 3. The van der Waals surface area contributed by atoms with Crippen LogP contribution in [0.25, 0.3) is 0 Å². The van der Waals surface area contributed by atoms with E-state index in [1.807, 2.05) is 36.4 Å². The fourth-order valence-corrected chi connectivity index (χ4v) is 10.6. The van der Waals surface area contributed by atoms with E-state index in [9.17, 15) is 15.3 Å². The van der Waals surface area contributed by atoms with Gasteiger partial charge in [-0.05, 0) is 0 Å². The van der Waals surface area contributed by atoms with E-state index in [2.05, 4.69) is 0 Å². The number of hydrogen-bond acceptors (Lipinski definition) is 3. The van der Waals surface area contributed by atoms with Crippen LogP contribution in [0.1, 0.15) is 6.42 Å².